The third kappa shape index (κ3) is 3.15. The van der Waals surface area contributed by atoms with E-state index in [9.17, 15) is 8.78 Å². The number of imidazole rings is 1. The number of hydrogen-bond donors (Lipinski definition) is 2. The number of nitrogens with zero attached hydrogens (tertiary/aromatic N) is 5. The summed E-state index contributed by atoms with van der Waals surface area (Å²) in [7, 11) is 1.57. The molecule has 2 aromatic heterocycles. The number of halogens is 2. The summed E-state index contributed by atoms with van der Waals surface area (Å²) in [6.07, 6.45) is 0. The van der Waals surface area contributed by atoms with Crippen molar-refractivity contribution in [1.29, 1.82) is 0 Å². The molecule has 4 rings (SSSR count). The second-order valence-electron chi connectivity index (χ2n) is 5.92. The maximum atomic E-state index is 14.0. The van der Waals surface area contributed by atoms with Crippen LogP contribution in [0.2, 0.25) is 0 Å². The standard InChI is InChI=1S/C18H15F2N7O/c1-9-22-15-13(20)7-10(19)8-14(15)27(9)18-25-16(21)24-17(26-18)23-11-3-5-12(28-2)6-4-11/h3-8H,1-2H3,(H3,21,23,24,25,26). The number of aryl methyl sites for hydroxylation is 1. The summed E-state index contributed by atoms with van der Waals surface area (Å²) in [5.41, 5.74) is 6.72. The van der Waals surface area contributed by atoms with E-state index in [-0.39, 0.29) is 28.9 Å². The van der Waals surface area contributed by atoms with Gasteiger partial charge in [0.2, 0.25) is 17.8 Å². The van der Waals surface area contributed by atoms with Crippen molar-refractivity contribution in [2.75, 3.05) is 18.2 Å². The van der Waals surface area contributed by atoms with Crippen LogP contribution >= 0.6 is 0 Å². The lowest BCUT2D eigenvalue weighted by molar-refractivity contribution is 0.415. The molecular formula is C18H15F2N7O. The van der Waals surface area contributed by atoms with E-state index >= 15 is 0 Å². The van der Waals surface area contributed by atoms with Crippen LogP contribution in [0.5, 0.6) is 5.75 Å². The van der Waals surface area contributed by atoms with Crippen molar-refractivity contribution in [1.82, 2.24) is 24.5 Å². The smallest absolute Gasteiger partial charge is 0.242 e. The maximum absolute atomic E-state index is 14.0. The fraction of sp³-hybridized carbons (Fsp3) is 0.111. The normalized spacial score (nSPS) is 11.0. The van der Waals surface area contributed by atoms with Gasteiger partial charge in [0.15, 0.2) is 5.82 Å². The molecule has 0 saturated heterocycles. The Hall–Kier alpha value is -3.82. The number of hydrogen-bond acceptors (Lipinski definition) is 7. The Balaban J connectivity index is 1.79. The average molecular weight is 383 g/mol. The van der Waals surface area contributed by atoms with Crippen LogP contribution in [-0.4, -0.2) is 31.6 Å². The van der Waals surface area contributed by atoms with Crippen molar-refractivity contribution in [3.63, 3.8) is 0 Å². The Morgan fingerprint density at radius 2 is 1.79 bits per heavy atom. The molecule has 0 atom stereocenters. The van der Waals surface area contributed by atoms with Crippen LogP contribution < -0.4 is 15.8 Å². The zero-order valence-corrected chi connectivity index (χ0v) is 14.9. The highest BCUT2D eigenvalue weighted by Crippen LogP contribution is 2.24. The molecular weight excluding hydrogens is 368 g/mol. The Morgan fingerprint density at radius 1 is 1.04 bits per heavy atom. The van der Waals surface area contributed by atoms with Crippen LogP contribution in [0.25, 0.3) is 17.0 Å². The Bertz CT molecular complexity index is 1170. The van der Waals surface area contributed by atoms with Crippen LogP contribution in [-0.2, 0) is 0 Å². The average Bonchev–Trinajstić information content (AvgIpc) is 2.98. The molecule has 0 saturated carbocycles. The van der Waals surface area contributed by atoms with Crippen molar-refractivity contribution in [2.24, 2.45) is 0 Å². The topological polar surface area (TPSA) is 104 Å². The lowest BCUT2D eigenvalue weighted by Gasteiger charge is -2.10. The molecule has 0 unspecified atom stereocenters. The molecule has 0 aliphatic heterocycles. The number of nitrogens with two attached hydrogens (primary N) is 1. The van der Waals surface area contributed by atoms with Gasteiger partial charge in [0.05, 0.1) is 12.6 Å². The monoisotopic (exact) mass is 383 g/mol. The number of nitrogen functional groups attached to an aromatic ring is 1. The van der Waals surface area contributed by atoms with Gasteiger partial charge in [0, 0.05) is 17.8 Å². The molecule has 10 heteroatoms. The van der Waals surface area contributed by atoms with Crippen molar-refractivity contribution in [3.05, 3.63) is 53.9 Å². The SMILES string of the molecule is COc1ccc(Nc2nc(N)nc(-n3c(C)nc4c(F)cc(F)cc43)n2)cc1. The third-order valence-electron chi connectivity index (χ3n) is 4.03. The molecule has 2 aromatic carbocycles. The second-order valence-corrected chi connectivity index (χ2v) is 5.92. The molecule has 0 bridgehead atoms. The van der Waals surface area contributed by atoms with E-state index < -0.39 is 11.6 Å². The number of ether oxygens (including phenoxy) is 1. The minimum absolute atomic E-state index is 0.0162. The minimum atomic E-state index is -0.768. The Kier molecular flexibility index (Phi) is 4.22. The van der Waals surface area contributed by atoms with Gasteiger partial charge >= 0.3 is 0 Å². The lowest BCUT2D eigenvalue weighted by atomic mass is 10.3. The first-order valence-electron chi connectivity index (χ1n) is 8.21. The predicted octanol–water partition coefficient (Wildman–Crippen LogP) is 3.13. The number of methoxy groups -OCH3 is 1. The fourth-order valence-corrected chi connectivity index (χ4v) is 2.81. The van der Waals surface area contributed by atoms with Crippen LogP contribution in [0.3, 0.4) is 0 Å². The molecule has 0 spiro atoms. The van der Waals surface area contributed by atoms with Gasteiger partial charge in [-0.15, -0.1) is 0 Å². The number of rotatable bonds is 4. The molecule has 3 N–H and O–H groups in total. The summed E-state index contributed by atoms with van der Waals surface area (Å²) in [4.78, 5) is 16.6. The number of aromatic nitrogens is 5. The minimum Gasteiger partial charge on any atom is -0.497 e. The first kappa shape index (κ1) is 17.6. The predicted molar refractivity (Wildman–Crippen MR) is 99.8 cm³/mol. The maximum Gasteiger partial charge on any atom is 0.242 e. The highest BCUT2D eigenvalue weighted by atomic mass is 19.1. The molecule has 4 aromatic rings. The molecule has 28 heavy (non-hydrogen) atoms. The third-order valence-corrected chi connectivity index (χ3v) is 4.03. The van der Waals surface area contributed by atoms with Gasteiger partial charge < -0.3 is 15.8 Å². The van der Waals surface area contributed by atoms with E-state index in [2.05, 4.69) is 25.3 Å². The molecule has 0 aliphatic rings. The van der Waals surface area contributed by atoms with Gasteiger partial charge in [-0.2, -0.15) is 15.0 Å². The van der Waals surface area contributed by atoms with Crippen molar-refractivity contribution >= 4 is 28.6 Å². The largest absolute Gasteiger partial charge is 0.497 e. The van der Waals surface area contributed by atoms with Gasteiger partial charge in [-0.1, -0.05) is 0 Å². The zero-order chi connectivity index (χ0) is 19.8. The summed E-state index contributed by atoms with van der Waals surface area (Å²) in [6, 6.07) is 9.04. The summed E-state index contributed by atoms with van der Waals surface area (Å²) in [5.74, 6) is -0.217. The highest BCUT2D eigenvalue weighted by Gasteiger charge is 2.17. The quantitative estimate of drug-likeness (QED) is 0.558. The number of fused-ring (bicyclic) bond motifs is 1. The first-order valence-corrected chi connectivity index (χ1v) is 8.21. The van der Waals surface area contributed by atoms with Crippen LogP contribution in [0.4, 0.5) is 26.4 Å². The fourth-order valence-electron chi connectivity index (χ4n) is 2.81. The molecule has 2 heterocycles. The van der Waals surface area contributed by atoms with E-state index in [1.807, 2.05) is 0 Å². The molecule has 0 radical (unpaired) electrons. The van der Waals surface area contributed by atoms with Crippen LogP contribution in [0, 0.1) is 18.6 Å². The van der Waals surface area contributed by atoms with E-state index in [1.54, 1.807) is 38.3 Å². The van der Waals surface area contributed by atoms with Crippen molar-refractivity contribution in [3.8, 4) is 11.7 Å². The Morgan fingerprint density at radius 3 is 2.50 bits per heavy atom. The van der Waals surface area contributed by atoms with Crippen molar-refractivity contribution in [2.45, 2.75) is 6.92 Å². The molecule has 0 aliphatic carbocycles. The summed E-state index contributed by atoms with van der Waals surface area (Å²) >= 11 is 0. The summed E-state index contributed by atoms with van der Waals surface area (Å²) in [6.45, 7) is 1.63. The van der Waals surface area contributed by atoms with E-state index in [0.29, 0.717) is 17.3 Å². The van der Waals surface area contributed by atoms with Gasteiger partial charge in [-0.25, -0.2) is 13.8 Å². The molecule has 0 fully saturated rings. The zero-order valence-electron chi connectivity index (χ0n) is 14.9. The number of benzene rings is 2. The van der Waals surface area contributed by atoms with Crippen LogP contribution in [0.1, 0.15) is 5.82 Å². The van der Waals surface area contributed by atoms with Crippen LogP contribution in [0.15, 0.2) is 36.4 Å². The van der Waals surface area contributed by atoms with Gasteiger partial charge in [0.25, 0.3) is 0 Å². The molecule has 142 valence electrons. The van der Waals surface area contributed by atoms with Gasteiger partial charge in [0.1, 0.15) is 22.9 Å². The highest BCUT2D eigenvalue weighted by molar-refractivity contribution is 5.78. The van der Waals surface area contributed by atoms with E-state index in [0.717, 1.165) is 12.1 Å². The lowest BCUT2D eigenvalue weighted by Crippen LogP contribution is -2.10. The number of nitrogens with one attached hydrogen (secondary N) is 1. The van der Waals surface area contributed by atoms with Crippen molar-refractivity contribution < 1.29 is 13.5 Å². The molecule has 0 amide bonds. The summed E-state index contributed by atoms with van der Waals surface area (Å²) < 4.78 is 34.3. The van der Waals surface area contributed by atoms with Gasteiger partial charge in [-0.05, 0) is 31.2 Å². The van der Waals surface area contributed by atoms with E-state index in [4.69, 9.17) is 10.5 Å². The number of anilines is 3. The first-order chi connectivity index (χ1) is 13.4. The Labute approximate surface area is 158 Å². The molecule has 8 nitrogen and oxygen atoms in total. The summed E-state index contributed by atoms with van der Waals surface area (Å²) in [5, 5.41) is 3.01. The van der Waals surface area contributed by atoms with E-state index in [1.165, 1.54) is 4.57 Å². The second kappa shape index (κ2) is 6.72. The van der Waals surface area contributed by atoms with Gasteiger partial charge in [-0.3, -0.25) is 4.57 Å².